The van der Waals surface area contributed by atoms with Crippen LogP contribution >= 0.6 is 11.6 Å². The standard InChI is InChI=1S/C24H18ClN3O2/c1-30-23(29)22-14-27(15-26)28(17-12-10-16(25)11-13-17)24(22)20-8-4-2-6-18(20)19-7-3-5-9-21(19)24/h2-13,22H,14H2,1H3/t22-/m0/s1. The van der Waals surface area contributed by atoms with E-state index in [0.29, 0.717) is 5.02 Å². The molecule has 0 aromatic heterocycles. The molecule has 1 atom stereocenters. The summed E-state index contributed by atoms with van der Waals surface area (Å²) in [5, 5.41) is 14.1. The number of carbonyl (C=O) groups is 1. The molecule has 0 radical (unpaired) electrons. The number of hydrogen-bond donors (Lipinski definition) is 0. The number of nitriles is 1. The Balaban J connectivity index is 1.88. The Morgan fingerprint density at radius 2 is 1.60 bits per heavy atom. The van der Waals surface area contributed by atoms with E-state index in [4.69, 9.17) is 16.3 Å². The summed E-state index contributed by atoms with van der Waals surface area (Å²) in [6.07, 6.45) is 2.27. The lowest BCUT2D eigenvalue weighted by Gasteiger charge is -2.41. The van der Waals surface area contributed by atoms with E-state index in [1.807, 2.05) is 53.5 Å². The van der Waals surface area contributed by atoms with Crippen molar-refractivity contribution >= 4 is 23.3 Å². The molecule has 1 saturated heterocycles. The summed E-state index contributed by atoms with van der Waals surface area (Å²) < 4.78 is 5.22. The maximum absolute atomic E-state index is 13.1. The van der Waals surface area contributed by atoms with Gasteiger partial charge >= 0.3 is 5.97 Å². The molecule has 2 aliphatic rings. The van der Waals surface area contributed by atoms with E-state index in [-0.39, 0.29) is 12.5 Å². The molecule has 0 N–H and O–H groups in total. The average molecular weight is 416 g/mol. The number of rotatable bonds is 2. The lowest BCUT2D eigenvalue weighted by atomic mass is 9.76. The Labute approximate surface area is 179 Å². The van der Waals surface area contributed by atoms with Crippen LogP contribution in [0, 0.1) is 17.4 Å². The Bertz CT molecular complexity index is 1140. The quantitative estimate of drug-likeness (QED) is 0.453. The Hall–Kier alpha value is -3.49. The second kappa shape index (κ2) is 6.79. The van der Waals surface area contributed by atoms with Crippen molar-refractivity contribution < 1.29 is 9.53 Å². The van der Waals surface area contributed by atoms with Gasteiger partial charge in [0.1, 0.15) is 11.5 Å². The number of esters is 1. The number of nitrogens with zero attached hydrogens (tertiary/aromatic N) is 3. The largest absolute Gasteiger partial charge is 0.469 e. The topological polar surface area (TPSA) is 56.6 Å². The summed E-state index contributed by atoms with van der Waals surface area (Å²) in [5.41, 5.74) is 3.95. The van der Waals surface area contributed by atoms with Crippen molar-refractivity contribution in [2.75, 3.05) is 18.7 Å². The minimum Gasteiger partial charge on any atom is -0.469 e. The van der Waals surface area contributed by atoms with Gasteiger partial charge in [-0.25, -0.2) is 5.01 Å². The molecule has 1 fully saturated rings. The molecule has 3 aromatic carbocycles. The molecular formula is C24H18ClN3O2. The molecule has 6 heteroatoms. The van der Waals surface area contributed by atoms with Crippen molar-refractivity contribution in [1.29, 1.82) is 5.26 Å². The number of carbonyl (C=O) groups excluding carboxylic acids is 1. The fraction of sp³-hybridized carbons (Fsp3) is 0.167. The van der Waals surface area contributed by atoms with Gasteiger partial charge in [-0.1, -0.05) is 60.1 Å². The number of hydrogen-bond acceptors (Lipinski definition) is 5. The van der Waals surface area contributed by atoms with Gasteiger partial charge in [0.05, 0.1) is 19.3 Å². The fourth-order valence-corrected chi connectivity index (χ4v) is 5.10. The van der Waals surface area contributed by atoms with Crippen LogP contribution in [0.25, 0.3) is 11.1 Å². The molecule has 0 saturated carbocycles. The lowest BCUT2D eigenvalue weighted by molar-refractivity contribution is -0.146. The molecule has 5 rings (SSSR count). The average Bonchev–Trinajstić information content (AvgIpc) is 3.29. The van der Waals surface area contributed by atoms with Crippen LogP contribution in [-0.4, -0.2) is 24.6 Å². The molecule has 148 valence electrons. The number of benzene rings is 3. The molecule has 30 heavy (non-hydrogen) atoms. The first-order chi connectivity index (χ1) is 14.6. The van der Waals surface area contributed by atoms with Crippen LogP contribution in [0.4, 0.5) is 5.69 Å². The second-order valence-corrected chi connectivity index (χ2v) is 7.84. The summed E-state index contributed by atoms with van der Waals surface area (Å²) in [4.78, 5) is 13.1. The van der Waals surface area contributed by atoms with Gasteiger partial charge in [0.15, 0.2) is 6.19 Å². The third-order valence-electron chi connectivity index (χ3n) is 6.07. The fourth-order valence-electron chi connectivity index (χ4n) is 4.97. The highest BCUT2D eigenvalue weighted by Crippen LogP contribution is 2.58. The monoisotopic (exact) mass is 415 g/mol. The van der Waals surface area contributed by atoms with Crippen LogP contribution in [0.5, 0.6) is 0 Å². The summed E-state index contributed by atoms with van der Waals surface area (Å²) in [6, 6.07) is 23.4. The number of ether oxygens (including phenoxy) is 1. The number of halogens is 1. The van der Waals surface area contributed by atoms with Gasteiger partial charge < -0.3 is 4.74 Å². The Morgan fingerprint density at radius 3 is 2.13 bits per heavy atom. The van der Waals surface area contributed by atoms with Gasteiger partial charge in [-0.15, -0.1) is 0 Å². The molecule has 5 nitrogen and oxygen atoms in total. The molecule has 1 heterocycles. The molecular weight excluding hydrogens is 398 g/mol. The van der Waals surface area contributed by atoms with Crippen molar-refractivity contribution in [3.63, 3.8) is 0 Å². The van der Waals surface area contributed by atoms with E-state index in [1.54, 1.807) is 17.1 Å². The van der Waals surface area contributed by atoms with E-state index in [9.17, 15) is 10.1 Å². The van der Waals surface area contributed by atoms with E-state index < -0.39 is 11.5 Å². The van der Waals surface area contributed by atoms with Crippen LogP contribution in [0.3, 0.4) is 0 Å². The van der Waals surface area contributed by atoms with E-state index >= 15 is 0 Å². The minimum absolute atomic E-state index is 0.217. The third-order valence-corrected chi connectivity index (χ3v) is 6.33. The number of anilines is 1. The van der Waals surface area contributed by atoms with Crippen molar-refractivity contribution in [3.8, 4) is 17.3 Å². The normalized spacial score (nSPS) is 18.1. The summed E-state index contributed by atoms with van der Waals surface area (Å²) in [6.45, 7) is 0.217. The van der Waals surface area contributed by atoms with Crippen molar-refractivity contribution in [3.05, 3.63) is 88.9 Å². The van der Waals surface area contributed by atoms with Crippen LogP contribution in [0.2, 0.25) is 5.02 Å². The summed E-state index contributed by atoms with van der Waals surface area (Å²) >= 11 is 6.13. The Morgan fingerprint density at radius 1 is 1.03 bits per heavy atom. The van der Waals surface area contributed by atoms with Crippen molar-refractivity contribution in [2.24, 2.45) is 5.92 Å². The van der Waals surface area contributed by atoms with Crippen LogP contribution in [0.15, 0.2) is 72.8 Å². The zero-order chi connectivity index (χ0) is 20.9. The Kier molecular flexibility index (Phi) is 4.19. The SMILES string of the molecule is COC(=O)[C@@H]1CN(C#N)N(c2ccc(Cl)cc2)C12c1ccccc1-c1ccccc12. The van der Waals surface area contributed by atoms with Crippen LogP contribution < -0.4 is 5.01 Å². The molecule has 0 unspecified atom stereocenters. The highest BCUT2D eigenvalue weighted by atomic mass is 35.5. The first-order valence-corrected chi connectivity index (χ1v) is 10.0. The van der Waals surface area contributed by atoms with Gasteiger partial charge in [-0.05, 0) is 46.5 Å². The zero-order valence-corrected chi connectivity index (χ0v) is 17.0. The maximum Gasteiger partial charge on any atom is 0.313 e. The van der Waals surface area contributed by atoms with E-state index in [2.05, 4.69) is 18.3 Å². The summed E-state index contributed by atoms with van der Waals surface area (Å²) in [7, 11) is 1.39. The van der Waals surface area contributed by atoms with Gasteiger partial charge in [-0.2, -0.15) is 5.26 Å². The first kappa shape index (κ1) is 18.5. The third kappa shape index (κ3) is 2.31. The van der Waals surface area contributed by atoms with Crippen molar-refractivity contribution in [1.82, 2.24) is 5.01 Å². The minimum atomic E-state index is -0.899. The molecule has 0 bridgehead atoms. The van der Waals surface area contributed by atoms with Gasteiger partial charge in [0.2, 0.25) is 0 Å². The van der Waals surface area contributed by atoms with Crippen LogP contribution in [0.1, 0.15) is 11.1 Å². The first-order valence-electron chi connectivity index (χ1n) is 9.63. The molecule has 0 amide bonds. The smallest absolute Gasteiger partial charge is 0.313 e. The maximum atomic E-state index is 13.1. The van der Waals surface area contributed by atoms with Crippen molar-refractivity contribution in [2.45, 2.75) is 5.54 Å². The number of fused-ring (bicyclic) bond motifs is 5. The van der Waals surface area contributed by atoms with Crippen LogP contribution in [-0.2, 0) is 15.1 Å². The highest BCUT2D eigenvalue weighted by Gasteiger charge is 2.62. The predicted octanol–water partition coefficient (Wildman–Crippen LogP) is 4.57. The molecule has 3 aromatic rings. The predicted molar refractivity (Wildman–Crippen MR) is 114 cm³/mol. The summed E-state index contributed by atoms with van der Waals surface area (Å²) in [5.74, 6) is -0.944. The second-order valence-electron chi connectivity index (χ2n) is 7.40. The number of hydrazine groups is 1. The van der Waals surface area contributed by atoms with E-state index in [0.717, 1.165) is 27.9 Å². The van der Waals surface area contributed by atoms with E-state index in [1.165, 1.54) is 7.11 Å². The molecule has 1 spiro atoms. The number of methoxy groups -OCH3 is 1. The molecule has 1 aliphatic heterocycles. The zero-order valence-electron chi connectivity index (χ0n) is 16.2. The van der Waals surface area contributed by atoms with Gasteiger partial charge in [0, 0.05) is 5.02 Å². The van der Waals surface area contributed by atoms with Gasteiger partial charge in [-0.3, -0.25) is 9.80 Å². The lowest BCUT2D eigenvalue weighted by Crippen LogP contribution is -2.50. The van der Waals surface area contributed by atoms with Gasteiger partial charge in [0.25, 0.3) is 0 Å². The molecule has 1 aliphatic carbocycles. The highest BCUT2D eigenvalue weighted by molar-refractivity contribution is 6.30.